The van der Waals surface area contributed by atoms with Crippen LogP contribution in [0.4, 0.5) is 0 Å². The van der Waals surface area contributed by atoms with Gasteiger partial charge in [0.2, 0.25) is 5.95 Å². The monoisotopic (exact) mass is 587 g/mol. The van der Waals surface area contributed by atoms with Gasteiger partial charge in [-0.1, -0.05) is 133 Å². The van der Waals surface area contributed by atoms with E-state index in [1.165, 1.54) is 37.7 Å². The molecule has 7 aromatic carbocycles. The third-order valence-electron chi connectivity index (χ3n) is 9.15. The number of nitrogens with one attached hydrogen (secondary N) is 1. The van der Waals surface area contributed by atoms with E-state index in [0.717, 1.165) is 38.6 Å². The number of benzene rings is 7. The van der Waals surface area contributed by atoms with Crippen LogP contribution in [0.15, 0.2) is 146 Å². The van der Waals surface area contributed by atoms with Gasteiger partial charge in [-0.3, -0.25) is 4.57 Å². The molecule has 46 heavy (non-hydrogen) atoms. The smallest absolute Gasteiger partial charge is 0.238 e. The van der Waals surface area contributed by atoms with E-state index in [-0.39, 0.29) is 0 Å². The zero-order chi connectivity index (χ0) is 30.2. The zero-order valence-electron chi connectivity index (χ0n) is 24.6. The average molecular weight is 588 g/mol. The highest BCUT2D eigenvalue weighted by molar-refractivity contribution is 6.38. The predicted octanol–water partition coefficient (Wildman–Crippen LogP) is 10.2. The van der Waals surface area contributed by atoms with Gasteiger partial charge in [-0.2, -0.15) is 9.97 Å². The molecule has 0 atom stereocenters. The molecular weight excluding hydrogens is 562 g/mol. The lowest BCUT2D eigenvalue weighted by atomic mass is 9.97. The molecule has 1 N–H and O–H groups in total. The Balaban J connectivity index is 1.47. The van der Waals surface area contributed by atoms with Crippen molar-refractivity contribution in [1.29, 1.82) is 0 Å². The van der Waals surface area contributed by atoms with Crippen molar-refractivity contribution in [3.63, 3.8) is 0 Å². The number of nitrogens with zero attached hydrogens (tertiary/aromatic N) is 4. The van der Waals surface area contributed by atoms with Gasteiger partial charge in [0, 0.05) is 43.6 Å². The number of H-pyrrole nitrogens is 1. The first kappa shape index (κ1) is 25.0. The van der Waals surface area contributed by atoms with Crippen molar-refractivity contribution in [2.24, 2.45) is 0 Å². The molecule has 5 heteroatoms. The molecule has 0 saturated heterocycles. The second-order valence-corrected chi connectivity index (χ2v) is 11.7. The summed E-state index contributed by atoms with van der Waals surface area (Å²) in [5.74, 6) is 1.86. The molecular formula is C41H25N5. The van der Waals surface area contributed by atoms with E-state index in [4.69, 9.17) is 15.0 Å². The van der Waals surface area contributed by atoms with Crippen LogP contribution in [0.2, 0.25) is 0 Å². The Morgan fingerprint density at radius 1 is 0.435 bits per heavy atom. The van der Waals surface area contributed by atoms with E-state index in [1.807, 2.05) is 36.4 Å². The molecule has 0 bridgehead atoms. The molecule has 0 radical (unpaired) electrons. The van der Waals surface area contributed by atoms with Crippen molar-refractivity contribution in [1.82, 2.24) is 24.5 Å². The highest BCUT2D eigenvalue weighted by atomic mass is 15.2. The minimum atomic E-state index is 0.588. The van der Waals surface area contributed by atoms with Crippen LogP contribution in [0.1, 0.15) is 0 Å². The molecule has 0 unspecified atom stereocenters. The Labute approximate surface area is 263 Å². The molecule has 0 fully saturated rings. The first-order valence-electron chi connectivity index (χ1n) is 15.5. The topological polar surface area (TPSA) is 59.4 Å². The maximum absolute atomic E-state index is 5.23. The molecule has 10 aromatic rings. The van der Waals surface area contributed by atoms with Crippen molar-refractivity contribution in [3.05, 3.63) is 146 Å². The van der Waals surface area contributed by atoms with Crippen molar-refractivity contribution in [2.75, 3.05) is 0 Å². The van der Waals surface area contributed by atoms with Gasteiger partial charge in [-0.25, -0.2) is 4.98 Å². The second-order valence-electron chi connectivity index (χ2n) is 11.7. The van der Waals surface area contributed by atoms with Crippen LogP contribution in [0.5, 0.6) is 0 Å². The predicted molar refractivity (Wildman–Crippen MR) is 189 cm³/mol. The number of para-hydroxylation sites is 1. The zero-order valence-corrected chi connectivity index (χ0v) is 24.6. The third kappa shape index (κ3) is 3.54. The maximum atomic E-state index is 5.23. The largest absolute Gasteiger partial charge is 0.354 e. The fourth-order valence-corrected chi connectivity index (χ4v) is 7.17. The molecule has 0 aliphatic rings. The Morgan fingerprint density at radius 3 is 1.74 bits per heavy atom. The van der Waals surface area contributed by atoms with E-state index in [9.17, 15) is 0 Å². The van der Waals surface area contributed by atoms with Crippen LogP contribution in [-0.2, 0) is 0 Å². The summed E-state index contributed by atoms with van der Waals surface area (Å²) < 4.78 is 2.27. The lowest BCUT2D eigenvalue weighted by Crippen LogP contribution is -2.06. The lowest BCUT2D eigenvalue weighted by Gasteiger charge is -2.12. The Morgan fingerprint density at radius 2 is 1.02 bits per heavy atom. The van der Waals surface area contributed by atoms with Gasteiger partial charge in [-0.05, 0) is 28.3 Å². The Hall–Kier alpha value is -6.33. The maximum Gasteiger partial charge on any atom is 0.238 e. The van der Waals surface area contributed by atoms with Crippen molar-refractivity contribution in [3.8, 4) is 28.7 Å². The molecule has 5 nitrogen and oxygen atoms in total. The molecule has 0 aliphatic heterocycles. The number of aromatic amines is 1. The Bertz CT molecular complexity index is 2740. The average Bonchev–Trinajstić information content (AvgIpc) is 3.69. The highest BCUT2D eigenvalue weighted by Crippen LogP contribution is 2.46. The molecule has 214 valence electrons. The SMILES string of the molecule is c1ccc(-c2nc(-c3ccccc3)nc(-n3c4ccc5ccccc5c4c4c5ccccc5c5[nH]c6ccccc6c5c43)n2)cc1. The summed E-state index contributed by atoms with van der Waals surface area (Å²) in [6.07, 6.45) is 0. The fraction of sp³-hybridized carbons (Fsp3) is 0. The molecule has 3 heterocycles. The third-order valence-corrected chi connectivity index (χ3v) is 9.15. The number of hydrogen-bond donors (Lipinski definition) is 1. The van der Waals surface area contributed by atoms with Crippen LogP contribution in [-0.4, -0.2) is 24.5 Å². The molecule has 0 aliphatic carbocycles. The van der Waals surface area contributed by atoms with Crippen molar-refractivity contribution in [2.45, 2.75) is 0 Å². The van der Waals surface area contributed by atoms with E-state index in [0.29, 0.717) is 17.6 Å². The van der Waals surface area contributed by atoms with Gasteiger partial charge in [0.05, 0.1) is 16.6 Å². The van der Waals surface area contributed by atoms with Gasteiger partial charge >= 0.3 is 0 Å². The summed E-state index contributed by atoms with van der Waals surface area (Å²) in [7, 11) is 0. The van der Waals surface area contributed by atoms with Crippen LogP contribution < -0.4 is 0 Å². The Kier molecular flexibility index (Phi) is 5.22. The molecule has 0 amide bonds. The van der Waals surface area contributed by atoms with E-state index in [2.05, 4.69) is 119 Å². The summed E-state index contributed by atoms with van der Waals surface area (Å²) in [5.41, 5.74) is 6.23. The minimum Gasteiger partial charge on any atom is -0.354 e. The van der Waals surface area contributed by atoms with E-state index < -0.39 is 0 Å². The number of aromatic nitrogens is 5. The first-order valence-corrected chi connectivity index (χ1v) is 15.5. The molecule has 0 saturated carbocycles. The normalized spacial score (nSPS) is 11.9. The number of fused-ring (bicyclic) bond motifs is 12. The van der Waals surface area contributed by atoms with Gasteiger partial charge in [0.15, 0.2) is 11.6 Å². The van der Waals surface area contributed by atoms with E-state index >= 15 is 0 Å². The van der Waals surface area contributed by atoms with Gasteiger partial charge in [0.1, 0.15) is 0 Å². The lowest BCUT2D eigenvalue weighted by molar-refractivity contribution is 0.955. The summed E-state index contributed by atoms with van der Waals surface area (Å²) in [4.78, 5) is 19.3. The summed E-state index contributed by atoms with van der Waals surface area (Å²) >= 11 is 0. The fourth-order valence-electron chi connectivity index (χ4n) is 7.17. The first-order chi connectivity index (χ1) is 22.8. The van der Waals surface area contributed by atoms with Crippen molar-refractivity contribution >= 4 is 65.2 Å². The summed E-state index contributed by atoms with van der Waals surface area (Å²) in [5, 5.41) is 9.50. The van der Waals surface area contributed by atoms with Gasteiger partial charge < -0.3 is 4.98 Å². The van der Waals surface area contributed by atoms with Crippen LogP contribution in [0, 0.1) is 0 Å². The number of hydrogen-bond acceptors (Lipinski definition) is 3. The van der Waals surface area contributed by atoms with Gasteiger partial charge in [-0.15, -0.1) is 0 Å². The molecule has 10 rings (SSSR count). The molecule has 0 spiro atoms. The van der Waals surface area contributed by atoms with Crippen molar-refractivity contribution < 1.29 is 0 Å². The minimum absolute atomic E-state index is 0.588. The molecule has 3 aromatic heterocycles. The van der Waals surface area contributed by atoms with Crippen LogP contribution >= 0.6 is 0 Å². The quantitative estimate of drug-likeness (QED) is 0.224. The van der Waals surface area contributed by atoms with Crippen LogP contribution in [0.3, 0.4) is 0 Å². The standard InChI is InChI=1S/C41H25N5/c1-3-14-26(15-4-1)39-43-40(27-16-5-2-6-17-27)45-41(44-39)46-33-24-23-25-13-7-8-18-28(25)34(33)35-29-19-9-10-20-30(29)37-36(38(35)46)31-21-11-12-22-32(31)42-37/h1-24,42H. The number of rotatable bonds is 3. The van der Waals surface area contributed by atoms with Crippen LogP contribution in [0.25, 0.3) is 93.9 Å². The van der Waals surface area contributed by atoms with E-state index in [1.54, 1.807) is 0 Å². The summed E-state index contributed by atoms with van der Waals surface area (Å²) in [6, 6.07) is 50.7. The van der Waals surface area contributed by atoms with Gasteiger partial charge in [0.25, 0.3) is 0 Å². The second kappa shape index (κ2) is 9.58. The highest BCUT2D eigenvalue weighted by Gasteiger charge is 2.25. The summed E-state index contributed by atoms with van der Waals surface area (Å²) in [6.45, 7) is 0.